The van der Waals surface area contributed by atoms with Crippen LogP contribution in [0.15, 0.2) is 0 Å². The highest BCUT2D eigenvalue weighted by Crippen LogP contribution is 2.22. The number of hydrogen-bond acceptors (Lipinski definition) is 4. The van der Waals surface area contributed by atoms with Crippen molar-refractivity contribution in [2.45, 2.75) is 25.0 Å². The molecule has 1 N–H and O–H groups in total. The van der Waals surface area contributed by atoms with Gasteiger partial charge in [-0.05, 0) is 19.4 Å². The molecule has 0 aromatic heterocycles. The van der Waals surface area contributed by atoms with Crippen LogP contribution in [0.4, 0.5) is 4.79 Å². The molecule has 0 radical (unpaired) electrons. The summed E-state index contributed by atoms with van der Waals surface area (Å²) in [5, 5.41) is 2.98. The summed E-state index contributed by atoms with van der Waals surface area (Å²) in [6.07, 6.45) is 2.67. The molecule has 3 aliphatic rings. The van der Waals surface area contributed by atoms with E-state index in [0.717, 1.165) is 13.2 Å². The minimum atomic E-state index is 0.00967. The first kappa shape index (κ1) is 13.1. The van der Waals surface area contributed by atoms with Crippen LogP contribution in [0.25, 0.3) is 0 Å². The van der Waals surface area contributed by atoms with Gasteiger partial charge in [0.25, 0.3) is 0 Å². The Bertz CT molecular complexity index is 320. The first-order valence-electron chi connectivity index (χ1n) is 7.29. The molecular formula is C13H23N3O3. The van der Waals surface area contributed by atoms with Gasteiger partial charge in [0, 0.05) is 32.2 Å². The molecule has 2 amide bonds. The van der Waals surface area contributed by atoms with Crippen molar-refractivity contribution >= 4 is 6.03 Å². The minimum Gasteiger partial charge on any atom is -0.378 e. The average molecular weight is 269 g/mol. The van der Waals surface area contributed by atoms with Crippen molar-refractivity contribution in [3.8, 4) is 0 Å². The van der Waals surface area contributed by atoms with E-state index in [1.54, 1.807) is 0 Å². The van der Waals surface area contributed by atoms with Crippen LogP contribution in [0.5, 0.6) is 0 Å². The molecule has 3 heterocycles. The van der Waals surface area contributed by atoms with Crippen molar-refractivity contribution in [1.82, 2.24) is 15.1 Å². The fourth-order valence-electron chi connectivity index (χ4n) is 3.09. The number of carbonyl (C=O) groups is 1. The van der Waals surface area contributed by atoms with Crippen molar-refractivity contribution in [3.63, 3.8) is 0 Å². The van der Waals surface area contributed by atoms with E-state index >= 15 is 0 Å². The number of fused-ring (bicyclic) bond motifs is 1. The molecule has 3 saturated heterocycles. The summed E-state index contributed by atoms with van der Waals surface area (Å²) >= 11 is 0. The van der Waals surface area contributed by atoms with Gasteiger partial charge in [-0.1, -0.05) is 0 Å². The van der Waals surface area contributed by atoms with E-state index in [1.807, 2.05) is 4.90 Å². The lowest BCUT2D eigenvalue weighted by molar-refractivity contribution is -0.0464. The lowest BCUT2D eigenvalue weighted by Crippen LogP contribution is -2.52. The second-order valence-corrected chi connectivity index (χ2v) is 5.53. The number of nitrogens with zero attached hydrogens (tertiary/aromatic N) is 2. The van der Waals surface area contributed by atoms with Gasteiger partial charge in [-0.2, -0.15) is 0 Å². The molecule has 6 heteroatoms. The predicted octanol–water partition coefficient (Wildman–Crippen LogP) is -0.109. The van der Waals surface area contributed by atoms with Gasteiger partial charge in [0.2, 0.25) is 0 Å². The van der Waals surface area contributed by atoms with E-state index in [4.69, 9.17) is 9.47 Å². The molecule has 0 bridgehead atoms. The van der Waals surface area contributed by atoms with Crippen LogP contribution in [-0.4, -0.2) is 80.5 Å². The van der Waals surface area contributed by atoms with Crippen LogP contribution in [0.1, 0.15) is 12.8 Å². The Hall–Kier alpha value is -0.850. The van der Waals surface area contributed by atoms with E-state index in [2.05, 4.69) is 10.2 Å². The Kier molecular flexibility index (Phi) is 4.20. The third-order valence-electron chi connectivity index (χ3n) is 4.24. The van der Waals surface area contributed by atoms with Gasteiger partial charge in [0.15, 0.2) is 0 Å². The molecule has 2 atom stereocenters. The fourth-order valence-corrected chi connectivity index (χ4v) is 3.09. The van der Waals surface area contributed by atoms with Gasteiger partial charge in [-0.15, -0.1) is 0 Å². The highest BCUT2D eigenvalue weighted by atomic mass is 16.5. The number of urea groups is 1. The van der Waals surface area contributed by atoms with Crippen molar-refractivity contribution in [2.75, 3.05) is 52.5 Å². The van der Waals surface area contributed by atoms with Gasteiger partial charge in [0.05, 0.1) is 25.9 Å². The maximum absolute atomic E-state index is 12.0. The fraction of sp³-hybridized carbons (Fsp3) is 0.923. The summed E-state index contributed by atoms with van der Waals surface area (Å²) in [5.74, 6) is 0. The smallest absolute Gasteiger partial charge is 0.317 e. The maximum Gasteiger partial charge on any atom is 0.317 e. The van der Waals surface area contributed by atoms with Crippen LogP contribution in [0, 0.1) is 0 Å². The molecule has 3 fully saturated rings. The number of carbonyl (C=O) groups excluding carboxylic acids is 1. The molecule has 0 aliphatic carbocycles. The quantitative estimate of drug-likeness (QED) is 0.760. The summed E-state index contributed by atoms with van der Waals surface area (Å²) in [6, 6.07) is 0.627. The molecule has 0 aromatic carbocycles. The highest BCUT2D eigenvalue weighted by Gasteiger charge is 2.32. The first-order valence-corrected chi connectivity index (χ1v) is 7.29. The molecule has 19 heavy (non-hydrogen) atoms. The lowest BCUT2D eigenvalue weighted by atomic mass is 10.2. The predicted molar refractivity (Wildman–Crippen MR) is 70.1 cm³/mol. The topological polar surface area (TPSA) is 54.0 Å². The molecule has 2 unspecified atom stereocenters. The molecule has 0 saturated carbocycles. The van der Waals surface area contributed by atoms with Gasteiger partial charge in [0.1, 0.15) is 0 Å². The van der Waals surface area contributed by atoms with Crippen LogP contribution < -0.4 is 5.32 Å². The van der Waals surface area contributed by atoms with Gasteiger partial charge >= 0.3 is 6.03 Å². The Labute approximate surface area is 114 Å². The Morgan fingerprint density at radius 2 is 2.11 bits per heavy atom. The molecule has 3 rings (SSSR count). The zero-order chi connectivity index (χ0) is 13.1. The Balaban J connectivity index is 1.40. The SMILES string of the molecule is O=C(NCC1CN2CCCC2CO1)N1CCOCC1. The largest absolute Gasteiger partial charge is 0.378 e. The van der Waals surface area contributed by atoms with E-state index < -0.39 is 0 Å². The number of hydrogen-bond donors (Lipinski definition) is 1. The summed E-state index contributed by atoms with van der Waals surface area (Å²) in [6.45, 7) is 6.22. The second-order valence-electron chi connectivity index (χ2n) is 5.53. The highest BCUT2D eigenvalue weighted by molar-refractivity contribution is 5.74. The summed E-state index contributed by atoms with van der Waals surface area (Å²) in [4.78, 5) is 16.3. The normalized spacial score (nSPS) is 32.1. The number of nitrogens with one attached hydrogen (secondary N) is 1. The Morgan fingerprint density at radius 1 is 1.26 bits per heavy atom. The van der Waals surface area contributed by atoms with Crippen molar-refractivity contribution in [3.05, 3.63) is 0 Å². The van der Waals surface area contributed by atoms with Gasteiger partial charge in [-0.25, -0.2) is 4.79 Å². The molecular weight excluding hydrogens is 246 g/mol. The van der Waals surface area contributed by atoms with E-state index in [0.29, 0.717) is 38.9 Å². The van der Waals surface area contributed by atoms with Crippen molar-refractivity contribution < 1.29 is 14.3 Å². The van der Waals surface area contributed by atoms with Gasteiger partial charge < -0.3 is 19.7 Å². The zero-order valence-corrected chi connectivity index (χ0v) is 11.3. The first-order chi connectivity index (χ1) is 9.33. The zero-order valence-electron chi connectivity index (χ0n) is 11.3. The van der Waals surface area contributed by atoms with Crippen LogP contribution >= 0.6 is 0 Å². The van der Waals surface area contributed by atoms with Gasteiger partial charge in [-0.3, -0.25) is 4.90 Å². The van der Waals surface area contributed by atoms with Crippen molar-refractivity contribution in [2.24, 2.45) is 0 Å². The van der Waals surface area contributed by atoms with Crippen LogP contribution in [-0.2, 0) is 9.47 Å². The standard InChI is InChI=1S/C13H23N3O3/c17-13(15-4-6-18-7-5-15)14-8-12-9-16-3-1-2-11(16)10-19-12/h11-12H,1-10H2,(H,14,17). The van der Waals surface area contributed by atoms with Crippen LogP contribution in [0.3, 0.4) is 0 Å². The monoisotopic (exact) mass is 269 g/mol. The molecule has 0 aromatic rings. The van der Waals surface area contributed by atoms with E-state index in [1.165, 1.54) is 19.4 Å². The lowest BCUT2D eigenvalue weighted by Gasteiger charge is -2.35. The number of rotatable bonds is 2. The second kappa shape index (κ2) is 6.07. The van der Waals surface area contributed by atoms with Crippen LogP contribution in [0.2, 0.25) is 0 Å². The third-order valence-corrected chi connectivity index (χ3v) is 4.24. The average Bonchev–Trinajstić information content (AvgIpc) is 2.93. The summed E-state index contributed by atoms with van der Waals surface area (Å²) < 4.78 is 11.1. The number of morpholine rings is 2. The summed E-state index contributed by atoms with van der Waals surface area (Å²) in [7, 11) is 0. The molecule has 3 aliphatic heterocycles. The Morgan fingerprint density at radius 3 is 2.95 bits per heavy atom. The molecule has 0 spiro atoms. The number of ether oxygens (including phenoxy) is 2. The molecule has 108 valence electrons. The minimum absolute atomic E-state index is 0.00967. The van der Waals surface area contributed by atoms with Crippen molar-refractivity contribution in [1.29, 1.82) is 0 Å². The van der Waals surface area contributed by atoms with E-state index in [9.17, 15) is 4.79 Å². The van der Waals surface area contributed by atoms with E-state index in [-0.39, 0.29) is 12.1 Å². The molecule has 6 nitrogen and oxygen atoms in total. The maximum atomic E-state index is 12.0. The number of amides is 2. The summed E-state index contributed by atoms with van der Waals surface area (Å²) in [5.41, 5.74) is 0. The third kappa shape index (κ3) is 3.19.